The Morgan fingerprint density at radius 1 is 1.33 bits per heavy atom. The van der Waals surface area contributed by atoms with Crippen molar-refractivity contribution in [1.82, 2.24) is 5.32 Å². The molecule has 0 unspecified atom stereocenters. The van der Waals surface area contributed by atoms with E-state index in [-0.39, 0.29) is 42.6 Å². The summed E-state index contributed by atoms with van der Waals surface area (Å²) in [5, 5.41) is 2.77. The van der Waals surface area contributed by atoms with Crippen molar-refractivity contribution in [2.75, 3.05) is 6.61 Å². The summed E-state index contributed by atoms with van der Waals surface area (Å²) in [6.45, 7) is -1.08. The topological polar surface area (TPSA) is 64.4 Å². The van der Waals surface area contributed by atoms with Crippen molar-refractivity contribution in [3.05, 3.63) is 29.8 Å². The molecule has 3 N–H and O–H groups in total. The Balaban J connectivity index is 0.00000288. The van der Waals surface area contributed by atoms with Crippen LogP contribution in [0.2, 0.25) is 0 Å². The van der Waals surface area contributed by atoms with E-state index in [1.54, 1.807) is 12.1 Å². The van der Waals surface area contributed by atoms with Gasteiger partial charge in [-0.2, -0.15) is 13.2 Å². The van der Waals surface area contributed by atoms with Crippen LogP contribution < -0.4 is 15.8 Å². The summed E-state index contributed by atoms with van der Waals surface area (Å²) in [6, 6.07) is 6.35. The Labute approximate surface area is 145 Å². The Hall–Kier alpha value is -1.47. The molecule has 1 saturated carbocycles. The van der Waals surface area contributed by atoms with Gasteiger partial charge in [0.25, 0.3) is 0 Å². The number of nitrogens with two attached hydrogens (primary N) is 1. The molecule has 0 saturated heterocycles. The van der Waals surface area contributed by atoms with Crippen LogP contribution in [0.1, 0.15) is 31.2 Å². The van der Waals surface area contributed by atoms with Crippen LogP contribution in [0.15, 0.2) is 24.3 Å². The lowest BCUT2D eigenvalue weighted by Gasteiger charge is -2.15. The van der Waals surface area contributed by atoms with Crippen LogP contribution in [-0.2, 0) is 11.3 Å². The number of carbonyl (C=O) groups is 1. The molecule has 136 valence electrons. The summed E-state index contributed by atoms with van der Waals surface area (Å²) in [7, 11) is 0. The Kier molecular flexibility index (Phi) is 7.83. The molecule has 2 atom stereocenters. The van der Waals surface area contributed by atoms with E-state index in [9.17, 15) is 18.0 Å². The van der Waals surface area contributed by atoms with Crippen molar-refractivity contribution in [2.45, 2.75) is 44.4 Å². The summed E-state index contributed by atoms with van der Waals surface area (Å²) in [5.41, 5.74) is 6.62. The fourth-order valence-corrected chi connectivity index (χ4v) is 2.74. The van der Waals surface area contributed by atoms with Crippen molar-refractivity contribution >= 4 is 18.3 Å². The zero-order valence-corrected chi connectivity index (χ0v) is 14.0. The predicted octanol–water partition coefficient (Wildman–Crippen LogP) is 3.18. The Bertz CT molecular complexity index is 540. The first-order valence-corrected chi connectivity index (χ1v) is 7.64. The van der Waals surface area contributed by atoms with Crippen LogP contribution in [0.4, 0.5) is 13.2 Å². The third kappa shape index (κ3) is 6.97. The standard InChI is InChI=1S/C16H21F3N2O2.ClH/c17-16(18,19)10-23-13-5-1-3-11(7-13)9-21-15(22)8-12-4-2-6-14(12)20;/h1,3,5,7,12,14H,2,4,6,8-10,20H2,(H,21,22);1H/t12-,14+;/m0./s1. The average molecular weight is 367 g/mol. The lowest BCUT2D eigenvalue weighted by Crippen LogP contribution is -2.31. The number of halogens is 4. The van der Waals surface area contributed by atoms with Crippen LogP contribution in [-0.4, -0.2) is 24.7 Å². The molecule has 0 aromatic heterocycles. The first-order chi connectivity index (χ1) is 10.8. The van der Waals surface area contributed by atoms with Gasteiger partial charge in [-0.15, -0.1) is 12.4 Å². The molecule has 4 nitrogen and oxygen atoms in total. The molecule has 0 spiro atoms. The summed E-state index contributed by atoms with van der Waals surface area (Å²) in [6.07, 6.45) is -1.00. The lowest BCUT2D eigenvalue weighted by atomic mass is 10.00. The number of alkyl halides is 3. The van der Waals surface area contributed by atoms with Crippen LogP contribution in [0.3, 0.4) is 0 Å². The molecule has 1 aliphatic rings. The molecule has 8 heteroatoms. The maximum absolute atomic E-state index is 12.1. The van der Waals surface area contributed by atoms with E-state index in [4.69, 9.17) is 5.73 Å². The molecule has 1 aromatic rings. The number of ether oxygens (including phenoxy) is 1. The summed E-state index contributed by atoms with van der Waals surface area (Å²) < 4.78 is 41.1. The SMILES string of the molecule is Cl.N[C@@H]1CCC[C@H]1CC(=O)NCc1cccc(OCC(F)(F)F)c1. The minimum Gasteiger partial charge on any atom is -0.484 e. The number of rotatable bonds is 6. The number of nitrogens with one attached hydrogen (secondary N) is 1. The van der Waals surface area contributed by atoms with E-state index >= 15 is 0 Å². The van der Waals surface area contributed by atoms with Gasteiger partial charge in [0.1, 0.15) is 5.75 Å². The van der Waals surface area contributed by atoms with Crippen molar-refractivity contribution in [3.63, 3.8) is 0 Å². The third-order valence-electron chi connectivity index (χ3n) is 3.96. The second-order valence-electron chi connectivity index (χ2n) is 5.89. The van der Waals surface area contributed by atoms with Crippen LogP contribution in [0, 0.1) is 5.92 Å². The molecule has 0 heterocycles. The molecule has 2 rings (SSSR count). The number of carbonyl (C=O) groups excluding carboxylic acids is 1. The summed E-state index contributed by atoms with van der Waals surface area (Å²) in [5.74, 6) is 0.261. The van der Waals surface area contributed by atoms with Gasteiger partial charge in [-0.05, 0) is 36.5 Å². The molecule has 0 aliphatic heterocycles. The number of benzene rings is 1. The Morgan fingerprint density at radius 2 is 2.08 bits per heavy atom. The molecular weight excluding hydrogens is 345 g/mol. The second kappa shape index (κ2) is 9.13. The molecule has 0 radical (unpaired) electrons. The van der Waals surface area contributed by atoms with Gasteiger partial charge in [-0.3, -0.25) is 4.79 Å². The maximum Gasteiger partial charge on any atom is 0.422 e. The minimum atomic E-state index is -4.37. The van der Waals surface area contributed by atoms with Gasteiger partial charge in [0, 0.05) is 19.0 Å². The van der Waals surface area contributed by atoms with Crippen molar-refractivity contribution in [1.29, 1.82) is 0 Å². The lowest BCUT2D eigenvalue weighted by molar-refractivity contribution is -0.153. The molecular formula is C16H22ClF3N2O2. The number of hydrogen-bond acceptors (Lipinski definition) is 3. The number of amides is 1. The highest BCUT2D eigenvalue weighted by molar-refractivity contribution is 5.85. The monoisotopic (exact) mass is 366 g/mol. The van der Waals surface area contributed by atoms with Crippen molar-refractivity contribution in [2.24, 2.45) is 11.7 Å². The maximum atomic E-state index is 12.1. The van der Waals surface area contributed by atoms with Gasteiger partial charge in [0.05, 0.1) is 0 Å². The molecule has 1 aromatic carbocycles. The first kappa shape index (κ1) is 20.6. The van der Waals surface area contributed by atoms with Gasteiger partial charge in [0.2, 0.25) is 5.91 Å². The highest BCUT2D eigenvalue weighted by atomic mass is 35.5. The fourth-order valence-electron chi connectivity index (χ4n) is 2.74. The van der Waals surface area contributed by atoms with Crippen LogP contribution in [0.5, 0.6) is 5.75 Å². The smallest absolute Gasteiger partial charge is 0.422 e. The zero-order valence-electron chi connectivity index (χ0n) is 13.1. The second-order valence-corrected chi connectivity index (χ2v) is 5.89. The molecule has 24 heavy (non-hydrogen) atoms. The van der Waals surface area contributed by atoms with E-state index in [0.29, 0.717) is 12.0 Å². The molecule has 1 amide bonds. The van der Waals surface area contributed by atoms with E-state index in [0.717, 1.165) is 19.3 Å². The Morgan fingerprint density at radius 3 is 2.71 bits per heavy atom. The van der Waals surface area contributed by atoms with E-state index < -0.39 is 12.8 Å². The summed E-state index contributed by atoms with van der Waals surface area (Å²) >= 11 is 0. The van der Waals surface area contributed by atoms with Crippen LogP contribution in [0.25, 0.3) is 0 Å². The average Bonchev–Trinajstić information content (AvgIpc) is 2.88. The largest absolute Gasteiger partial charge is 0.484 e. The number of hydrogen-bond donors (Lipinski definition) is 2. The molecule has 0 bridgehead atoms. The highest BCUT2D eigenvalue weighted by Crippen LogP contribution is 2.26. The quantitative estimate of drug-likeness (QED) is 0.812. The van der Waals surface area contributed by atoms with Gasteiger partial charge >= 0.3 is 6.18 Å². The van der Waals surface area contributed by atoms with Gasteiger partial charge < -0.3 is 15.8 Å². The molecule has 1 aliphatic carbocycles. The van der Waals surface area contributed by atoms with E-state index in [2.05, 4.69) is 10.1 Å². The van der Waals surface area contributed by atoms with Crippen molar-refractivity contribution < 1.29 is 22.7 Å². The van der Waals surface area contributed by atoms with Crippen molar-refractivity contribution in [3.8, 4) is 5.75 Å². The molecule has 1 fully saturated rings. The van der Waals surface area contributed by atoms with E-state index in [1.165, 1.54) is 12.1 Å². The highest BCUT2D eigenvalue weighted by Gasteiger charge is 2.28. The van der Waals surface area contributed by atoms with Gasteiger partial charge in [-0.25, -0.2) is 0 Å². The minimum absolute atomic E-state index is 0. The van der Waals surface area contributed by atoms with Crippen LogP contribution >= 0.6 is 12.4 Å². The van der Waals surface area contributed by atoms with Gasteiger partial charge in [-0.1, -0.05) is 18.6 Å². The third-order valence-corrected chi connectivity index (χ3v) is 3.96. The summed E-state index contributed by atoms with van der Waals surface area (Å²) in [4.78, 5) is 11.9. The fraction of sp³-hybridized carbons (Fsp3) is 0.562. The van der Waals surface area contributed by atoms with E-state index in [1.807, 2.05) is 0 Å². The van der Waals surface area contributed by atoms with Gasteiger partial charge in [0.15, 0.2) is 6.61 Å². The predicted molar refractivity (Wildman–Crippen MR) is 87.0 cm³/mol. The normalized spacial score (nSPS) is 20.3. The zero-order chi connectivity index (χ0) is 16.9. The first-order valence-electron chi connectivity index (χ1n) is 7.64.